The van der Waals surface area contributed by atoms with Crippen LogP contribution in [0.1, 0.15) is 46.9 Å². The number of aromatic nitrogens is 2. The Balaban J connectivity index is 1.43. The van der Waals surface area contributed by atoms with Gasteiger partial charge in [0.2, 0.25) is 5.95 Å². The first-order chi connectivity index (χ1) is 15.9. The summed E-state index contributed by atoms with van der Waals surface area (Å²) in [6, 6.07) is 13.1. The van der Waals surface area contributed by atoms with Crippen LogP contribution in [0.5, 0.6) is 0 Å². The monoisotopic (exact) mass is 445 g/mol. The lowest BCUT2D eigenvalue weighted by Gasteiger charge is -2.36. The molecule has 0 spiro atoms. The quantitative estimate of drug-likeness (QED) is 0.650. The van der Waals surface area contributed by atoms with Crippen molar-refractivity contribution >= 4 is 29.1 Å². The standard InChI is InChI=1S/C25H27N5O3/c1-25(2)15-18-21(19(31)16-25)22(26-17-7-4-3-5-8-17)28-24(27-18)30-12-10-29(11-13-30)23(32)20-9-6-14-33-20/h3-9,14H,10-13,15-16H2,1-2H3,(H,26,27,28). The number of fused-ring (bicyclic) bond motifs is 1. The van der Waals surface area contributed by atoms with Gasteiger partial charge < -0.3 is 19.5 Å². The normalized spacial score (nSPS) is 17.6. The van der Waals surface area contributed by atoms with E-state index in [0.29, 0.717) is 62.1 Å². The molecule has 8 heteroatoms. The SMILES string of the molecule is CC1(C)CC(=O)c2c(nc(N3CCN(C(=O)c4ccco4)CC3)nc2Nc2ccccc2)C1. The van der Waals surface area contributed by atoms with E-state index in [0.717, 1.165) is 11.4 Å². The summed E-state index contributed by atoms with van der Waals surface area (Å²) in [5.41, 5.74) is 2.10. The van der Waals surface area contributed by atoms with E-state index in [1.54, 1.807) is 17.0 Å². The Kier molecular flexibility index (Phi) is 5.36. The average molecular weight is 446 g/mol. The molecule has 1 fully saturated rings. The molecule has 1 aromatic carbocycles. The number of benzene rings is 1. The number of piperazine rings is 1. The Hall–Kier alpha value is -3.68. The van der Waals surface area contributed by atoms with Gasteiger partial charge in [0.1, 0.15) is 5.82 Å². The first-order valence-corrected chi connectivity index (χ1v) is 11.2. The predicted octanol–water partition coefficient (Wildman–Crippen LogP) is 3.93. The molecule has 1 aliphatic heterocycles. The van der Waals surface area contributed by atoms with E-state index in [1.807, 2.05) is 30.3 Å². The Morgan fingerprint density at radius 1 is 1.00 bits per heavy atom. The van der Waals surface area contributed by atoms with Gasteiger partial charge in [-0.3, -0.25) is 9.59 Å². The topological polar surface area (TPSA) is 91.6 Å². The van der Waals surface area contributed by atoms with E-state index < -0.39 is 0 Å². The van der Waals surface area contributed by atoms with E-state index in [1.165, 1.54) is 6.26 Å². The third-order valence-electron chi connectivity index (χ3n) is 6.15. The van der Waals surface area contributed by atoms with Crippen molar-refractivity contribution in [1.82, 2.24) is 14.9 Å². The lowest BCUT2D eigenvalue weighted by molar-refractivity contribution is 0.0713. The molecule has 0 saturated carbocycles. The van der Waals surface area contributed by atoms with Gasteiger partial charge in [0.25, 0.3) is 5.91 Å². The molecule has 1 aliphatic carbocycles. The molecule has 170 valence electrons. The molecule has 1 amide bonds. The molecule has 33 heavy (non-hydrogen) atoms. The minimum absolute atomic E-state index is 0.0695. The summed E-state index contributed by atoms with van der Waals surface area (Å²) in [6.45, 7) is 6.50. The second-order valence-electron chi connectivity index (χ2n) is 9.38. The van der Waals surface area contributed by atoms with Crippen molar-refractivity contribution in [3.8, 4) is 0 Å². The molecule has 8 nitrogen and oxygen atoms in total. The Bertz CT molecular complexity index is 1170. The van der Waals surface area contributed by atoms with E-state index >= 15 is 0 Å². The van der Waals surface area contributed by atoms with Gasteiger partial charge in [0.05, 0.1) is 17.5 Å². The number of carbonyl (C=O) groups is 2. The second-order valence-corrected chi connectivity index (χ2v) is 9.38. The number of hydrogen-bond acceptors (Lipinski definition) is 7. The highest BCUT2D eigenvalue weighted by Crippen LogP contribution is 2.38. The second kappa shape index (κ2) is 8.35. The smallest absolute Gasteiger partial charge is 0.289 e. The molecule has 0 bridgehead atoms. The first-order valence-electron chi connectivity index (χ1n) is 11.2. The maximum atomic E-state index is 13.0. The van der Waals surface area contributed by atoms with Crippen molar-refractivity contribution in [2.45, 2.75) is 26.7 Å². The van der Waals surface area contributed by atoms with Crippen LogP contribution in [0.4, 0.5) is 17.5 Å². The number of ketones is 1. The fraction of sp³-hybridized carbons (Fsp3) is 0.360. The molecule has 3 heterocycles. The van der Waals surface area contributed by atoms with Crippen molar-refractivity contribution < 1.29 is 14.0 Å². The van der Waals surface area contributed by atoms with Gasteiger partial charge in [-0.1, -0.05) is 32.0 Å². The molecule has 1 saturated heterocycles. The van der Waals surface area contributed by atoms with Crippen LogP contribution in [0.2, 0.25) is 0 Å². The van der Waals surface area contributed by atoms with Gasteiger partial charge >= 0.3 is 0 Å². The number of furan rings is 1. The maximum absolute atomic E-state index is 13.0. The number of hydrogen-bond donors (Lipinski definition) is 1. The maximum Gasteiger partial charge on any atom is 0.289 e. The van der Waals surface area contributed by atoms with Crippen LogP contribution in [0.15, 0.2) is 53.1 Å². The largest absolute Gasteiger partial charge is 0.459 e. The average Bonchev–Trinajstić information content (AvgIpc) is 3.33. The third kappa shape index (κ3) is 4.33. The van der Waals surface area contributed by atoms with Crippen LogP contribution in [-0.4, -0.2) is 52.7 Å². The molecule has 0 radical (unpaired) electrons. The Labute approximate surface area is 192 Å². The molecule has 3 aromatic rings. The van der Waals surface area contributed by atoms with Gasteiger partial charge in [0.15, 0.2) is 11.5 Å². The van der Waals surface area contributed by atoms with Crippen LogP contribution in [0, 0.1) is 5.41 Å². The van der Waals surface area contributed by atoms with E-state index in [2.05, 4.69) is 24.1 Å². The zero-order chi connectivity index (χ0) is 23.0. The number of nitrogens with zero attached hydrogens (tertiary/aromatic N) is 4. The summed E-state index contributed by atoms with van der Waals surface area (Å²) in [7, 11) is 0. The fourth-order valence-corrected chi connectivity index (χ4v) is 4.51. The minimum atomic E-state index is -0.145. The first kappa shape index (κ1) is 21.2. The van der Waals surface area contributed by atoms with Crippen molar-refractivity contribution in [1.29, 1.82) is 0 Å². The van der Waals surface area contributed by atoms with Crippen molar-refractivity contribution in [2.24, 2.45) is 5.41 Å². The van der Waals surface area contributed by atoms with Gasteiger partial charge in [-0.15, -0.1) is 0 Å². The number of para-hydroxylation sites is 1. The highest BCUT2D eigenvalue weighted by molar-refractivity contribution is 6.03. The molecule has 0 atom stereocenters. The van der Waals surface area contributed by atoms with Gasteiger partial charge in [-0.05, 0) is 36.1 Å². The lowest BCUT2D eigenvalue weighted by Crippen LogP contribution is -2.49. The molecule has 5 rings (SSSR count). The summed E-state index contributed by atoms with van der Waals surface area (Å²) in [5.74, 6) is 1.45. The summed E-state index contributed by atoms with van der Waals surface area (Å²) in [5, 5.41) is 3.34. The third-order valence-corrected chi connectivity index (χ3v) is 6.15. The summed E-state index contributed by atoms with van der Waals surface area (Å²) in [6.07, 6.45) is 2.69. The molecule has 1 N–H and O–H groups in total. The Morgan fingerprint density at radius 2 is 1.76 bits per heavy atom. The van der Waals surface area contributed by atoms with Crippen LogP contribution in [0.3, 0.4) is 0 Å². The van der Waals surface area contributed by atoms with Gasteiger partial charge in [0, 0.05) is 38.3 Å². The van der Waals surface area contributed by atoms with E-state index in [4.69, 9.17) is 14.4 Å². The number of nitrogens with one attached hydrogen (secondary N) is 1. The fourth-order valence-electron chi connectivity index (χ4n) is 4.51. The van der Waals surface area contributed by atoms with E-state index in [-0.39, 0.29) is 17.1 Å². The van der Waals surface area contributed by atoms with Crippen molar-refractivity contribution in [3.63, 3.8) is 0 Å². The van der Waals surface area contributed by atoms with E-state index in [9.17, 15) is 9.59 Å². The van der Waals surface area contributed by atoms with Gasteiger partial charge in [-0.25, -0.2) is 4.98 Å². The number of carbonyl (C=O) groups excluding carboxylic acids is 2. The minimum Gasteiger partial charge on any atom is -0.459 e. The molecular weight excluding hydrogens is 418 g/mol. The Morgan fingerprint density at radius 3 is 2.45 bits per heavy atom. The van der Waals surface area contributed by atoms with Crippen LogP contribution in [0.25, 0.3) is 0 Å². The number of amides is 1. The summed E-state index contributed by atoms with van der Waals surface area (Å²) in [4.78, 5) is 39.1. The van der Waals surface area contributed by atoms with Crippen molar-refractivity contribution in [2.75, 3.05) is 36.4 Å². The molecule has 2 aliphatic rings. The van der Waals surface area contributed by atoms with Crippen LogP contribution >= 0.6 is 0 Å². The van der Waals surface area contributed by atoms with Crippen LogP contribution in [-0.2, 0) is 6.42 Å². The zero-order valence-corrected chi connectivity index (χ0v) is 18.9. The van der Waals surface area contributed by atoms with Crippen molar-refractivity contribution in [3.05, 3.63) is 65.7 Å². The molecular formula is C25H27N5O3. The highest BCUT2D eigenvalue weighted by atomic mass is 16.3. The van der Waals surface area contributed by atoms with Crippen LogP contribution < -0.4 is 10.2 Å². The predicted molar refractivity (Wildman–Crippen MR) is 125 cm³/mol. The number of anilines is 3. The zero-order valence-electron chi connectivity index (χ0n) is 18.9. The molecule has 0 unspecified atom stereocenters. The molecule has 2 aromatic heterocycles. The lowest BCUT2D eigenvalue weighted by atomic mass is 9.75. The number of Topliss-reactive ketones (excluding diaryl/α,β-unsaturated/α-hetero) is 1. The number of rotatable bonds is 4. The highest BCUT2D eigenvalue weighted by Gasteiger charge is 2.36. The summed E-state index contributed by atoms with van der Waals surface area (Å²) >= 11 is 0. The summed E-state index contributed by atoms with van der Waals surface area (Å²) < 4.78 is 5.25. The van der Waals surface area contributed by atoms with Gasteiger partial charge in [-0.2, -0.15) is 4.98 Å².